The number of benzene rings is 1. The van der Waals surface area contributed by atoms with Crippen LogP contribution in [-0.2, 0) is 16.9 Å². The number of nitro benzene ring substituents is 1. The predicted octanol–water partition coefficient (Wildman–Crippen LogP) is 3.28. The molecule has 2 aromatic heterocycles. The molecule has 3 amide bonds. The Morgan fingerprint density at radius 1 is 1.29 bits per heavy atom. The molecule has 1 saturated heterocycles. The molecule has 4 rings (SSSR count). The van der Waals surface area contributed by atoms with E-state index in [1.165, 1.54) is 35.6 Å². The van der Waals surface area contributed by atoms with Crippen LogP contribution in [0.3, 0.4) is 0 Å². The monoisotopic (exact) mass is 398 g/mol. The van der Waals surface area contributed by atoms with Crippen molar-refractivity contribution in [1.82, 2.24) is 15.2 Å². The molecule has 0 saturated carbocycles. The molecule has 1 aromatic carbocycles. The standard InChI is InChI=1S/C18H14N4O5S/c1-18(12-2-4-14(5-3-12)22(25)26)16(23)21(17(24)20-18)8-13-10-28-15(19-13)11-6-7-27-9-11/h2-7,9-10H,8H2,1H3,(H,20,24). The van der Waals surface area contributed by atoms with Gasteiger partial charge in [0.1, 0.15) is 16.8 Å². The molecule has 28 heavy (non-hydrogen) atoms. The number of urea groups is 1. The molecule has 142 valence electrons. The third kappa shape index (κ3) is 2.93. The molecule has 1 unspecified atom stereocenters. The van der Waals surface area contributed by atoms with Crippen LogP contribution in [0.1, 0.15) is 18.2 Å². The van der Waals surface area contributed by atoms with E-state index in [-0.39, 0.29) is 12.2 Å². The molecule has 0 bridgehead atoms. The van der Waals surface area contributed by atoms with Gasteiger partial charge in [0.25, 0.3) is 11.6 Å². The number of rotatable bonds is 5. The zero-order chi connectivity index (χ0) is 19.9. The second-order valence-corrected chi connectivity index (χ2v) is 7.26. The Morgan fingerprint density at radius 3 is 2.68 bits per heavy atom. The second-order valence-electron chi connectivity index (χ2n) is 6.41. The second kappa shape index (κ2) is 6.57. The molecule has 1 N–H and O–H groups in total. The van der Waals surface area contributed by atoms with Gasteiger partial charge in [-0.3, -0.25) is 19.8 Å². The minimum absolute atomic E-state index is 0.0294. The highest BCUT2D eigenvalue weighted by atomic mass is 32.1. The molecule has 3 aromatic rings. The average Bonchev–Trinajstić information content (AvgIpc) is 3.40. The first-order chi connectivity index (χ1) is 13.4. The van der Waals surface area contributed by atoms with Gasteiger partial charge in [-0.2, -0.15) is 0 Å². The quantitative estimate of drug-likeness (QED) is 0.400. The zero-order valence-corrected chi connectivity index (χ0v) is 15.4. The molecule has 1 aliphatic heterocycles. The average molecular weight is 398 g/mol. The summed E-state index contributed by atoms with van der Waals surface area (Å²) in [5, 5.41) is 16.0. The SMILES string of the molecule is CC1(c2ccc([N+](=O)[O-])cc2)NC(=O)N(Cc2csc(-c3ccoc3)n2)C1=O. The Hall–Kier alpha value is -3.53. The first-order valence-electron chi connectivity index (χ1n) is 8.24. The van der Waals surface area contributed by atoms with Gasteiger partial charge in [-0.25, -0.2) is 9.78 Å². The highest BCUT2D eigenvalue weighted by molar-refractivity contribution is 7.13. The third-order valence-electron chi connectivity index (χ3n) is 4.57. The maximum atomic E-state index is 13.0. The number of amides is 3. The summed E-state index contributed by atoms with van der Waals surface area (Å²) in [5.74, 6) is -0.441. The van der Waals surface area contributed by atoms with Crippen molar-refractivity contribution >= 4 is 29.0 Å². The normalized spacial score (nSPS) is 19.1. The van der Waals surface area contributed by atoms with Crippen LogP contribution in [0.5, 0.6) is 0 Å². The van der Waals surface area contributed by atoms with E-state index in [4.69, 9.17) is 4.42 Å². The number of nitrogens with one attached hydrogen (secondary N) is 1. The lowest BCUT2D eigenvalue weighted by Gasteiger charge is -2.21. The first kappa shape index (κ1) is 17.9. The minimum atomic E-state index is -1.30. The van der Waals surface area contributed by atoms with Gasteiger partial charge < -0.3 is 9.73 Å². The van der Waals surface area contributed by atoms with Gasteiger partial charge in [-0.1, -0.05) is 0 Å². The molecule has 1 aliphatic rings. The van der Waals surface area contributed by atoms with Crippen LogP contribution < -0.4 is 5.32 Å². The van der Waals surface area contributed by atoms with Gasteiger partial charge in [-0.05, 0) is 30.7 Å². The van der Waals surface area contributed by atoms with Crippen molar-refractivity contribution in [2.45, 2.75) is 19.0 Å². The summed E-state index contributed by atoms with van der Waals surface area (Å²) in [4.78, 5) is 41.2. The number of nitrogens with zero attached hydrogens (tertiary/aromatic N) is 3. The Morgan fingerprint density at radius 2 is 2.04 bits per heavy atom. The topological polar surface area (TPSA) is 119 Å². The van der Waals surface area contributed by atoms with Crippen LogP contribution >= 0.6 is 11.3 Å². The summed E-state index contributed by atoms with van der Waals surface area (Å²) in [6.45, 7) is 1.61. The third-order valence-corrected chi connectivity index (χ3v) is 5.51. The minimum Gasteiger partial charge on any atom is -0.472 e. The Labute approximate surface area is 162 Å². The van der Waals surface area contributed by atoms with E-state index in [1.54, 1.807) is 30.9 Å². The fraction of sp³-hybridized carbons (Fsp3) is 0.167. The number of carbonyl (C=O) groups is 2. The fourth-order valence-electron chi connectivity index (χ4n) is 3.01. The molecule has 1 fully saturated rings. The Bertz CT molecular complexity index is 1060. The number of aromatic nitrogens is 1. The molecular weight excluding hydrogens is 384 g/mol. The van der Waals surface area contributed by atoms with E-state index < -0.39 is 22.4 Å². The number of nitro groups is 1. The number of carbonyl (C=O) groups excluding carboxylic acids is 2. The summed E-state index contributed by atoms with van der Waals surface area (Å²) in [6, 6.07) is 6.80. The lowest BCUT2D eigenvalue weighted by Crippen LogP contribution is -2.40. The molecule has 0 aliphatic carbocycles. The van der Waals surface area contributed by atoms with Crippen LogP contribution in [0.4, 0.5) is 10.5 Å². The molecule has 10 heteroatoms. The summed E-state index contributed by atoms with van der Waals surface area (Å²) >= 11 is 1.39. The largest absolute Gasteiger partial charge is 0.472 e. The predicted molar refractivity (Wildman–Crippen MR) is 99.3 cm³/mol. The lowest BCUT2D eigenvalue weighted by molar-refractivity contribution is -0.384. The van der Waals surface area contributed by atoms with Crippen molar-refractivity contribution in [3.05, 3.63) is 69.6 Å². The number of hydrogen-bond acceptors (Lipinski definition) is 7. The van der Waals surface area contributed by atoms with E-state index in [1.807, 2.05) is 0 Å². The fourth-order valence-corrected chi connectivity index (χ4v) is 3.81. The summed E-state index contributed by atoms with van der Waals surface area (Å²) < 4.78 is 5.04. The molecule has 0 radical (unpaired) electrons. The number of furan rings is 1. The molecule has 3 heterocycles. The van der Waals surface area contributed by atoms with Crippen molar-refractivity contribution in [2.24, 2.45) is 0 Å². The van der Waals surface area contributed by atoms with E-state index in [0.29, 0.717) is 11.3 Å². The number of non-ortho nitro benzene ring substituents is 1. The van der Waals surface area contributed by atoms with E-state index in [2.05, 4.69) is 10.3 Å². The Kier molecular flexibility index (Phi) is 4.19. The van der Waals surface area contributed by atoms with Gasteiger partial charge in [0.2, 0.25) is 0 Å². The zero-order valence-electron chi connectivity index (χ0n) is 14.6. The van der Waals surface area contributed by atoms with Gasteiger partial charge in [0, 0.05) is 23.1 Å². The lowest BCUT2D eigenvalue weighted by atomic mass is 9.92. The maximum absolute atomic E-state index is 13.0. The highest BCUT2D eigenvalue weighted by Gasteiger charge is 2.49. The summed E-state index contributed by atoms with van der Waals surface area (Å²) in [6.07, 6.45) is 3.12. The molecule has 1 atom stereocenters. The number of hydrogen-bond donors (Lipinski definition) is 1. The van der Waals surface area contributed by atoms with Crippen molar-refractivity contribution in [3.63, 3.8) is 0 Å². The molecule has 0 spiro atoms. The van der Waals surface area contributed by atoms with Crippen LogP contribution in [0.25, 0.3) is 10.6 Å². The molecular formula is C18H14N4O5S. The van der Waals surface area contributed by atoms with E-state index in [9.17, 15) is 19.7 Å². The van der Waals surface area contributed by atoms with E-state index >= 15 is 0 Å². The van der Waals surface area contributed by atoms with Crippen molar-refractivity contribution in [2.75, 3.05) is 0 Å². The molecule has 9 nitrogen and oxygen atoms in total. The van der Waals surface area contributed by atoms with Gasteiger partial charge in [0.05, 0.1) is 23.4 Å². The van der Waals surface area contributed by atoms with Gasteiger partial charge in [-0.15, -0.1) is 11.3 Å². The van der Waals surface area contributed by atoms with Crippen LogP contribution in [-0.4, -0.2) is 26.7 Å². The van der Waals surface area contributed by atoms with Gasteiger partial charge >= 0.3 is 6.03 Å². The maximum Gasteiger partial charge on any atom is 0.325 e. The smallest absolute Gasteiger partial charge is 0.325 e. The number of imide groups is 1. The van der Waals surface area contributed by atoms with Crippen molar-refractivity contribution in [3.8, 4) is 10.6 Å². The van der Waals surface area contributed by atoms with Crippen molar-refractivity contribution < 1.29 is 18.9 Å². The van der Waals surface area contributed by atoms with Crippen molar-refractivity contribution in [1.29, 1.82) is 0 Å². The Balaban J connectivity index is 1.56. The first-order valence-corrected chi connectivity index (χ1v) is 9.12. The highest BCUT2D eigenvalue weighted by Crippen LogP contribution is 2.31. The van der Waals surface area contributed by atoms with Crippen LogP contribution in [0, 0.1) is 10.1 Å². The van der Waals surface area contributed by atoms with E-state index in [0.717, 1.165) is 15.5 Å². The van der Waals surface area contributed by atoms with Gasteiger partial charge in [0.15, 0.2) is 0 Å². The number of thiazole rings is 1. The summed E-state index contributed by atoms with van der Waals surface area (Å²) in [5.41, 5.74) is 0.490. The summed E-state index contributed by atoms with van der Waals surface area (Å²) in [7, 11) is 0. The van der Waals surface area contributed by atoms with Crippen LogP contribution in [0.15, 0.2) is 52.7 Å². The van der Waals surface area contributed by atoms with Crippen LogP contribution in [0.2, 0.25) is 0 Å².